The first-order valence-electron chi connectivity index (χ1n) is 5.81. The second kappa shape index (κ2) is 4.71. The number of nitrogens with zero attached hydrogens (tertiary/aromatic N) is 2. The van der Waals surface area contributed by atoms with E-state index >= 15 is 0 Å². The average molecular weight is 205 g/mol. The van der Waals surface area contributed by atoms with Crippen LogP contribution in [0, 0.1) is 12.8 Å². The molecular weight excluding hydrogens is 186 g/mol. The molecule has 1 atom stereocenters. The van der Waals surface area contributed by atoms with E-state index in [4.69, 9.17) is 0 Å². The molecule has 1 N–H and O–H groups in total. The van der Waals surface area contributed by atoms with Gasteiger partial charge in [0.15, 0.2) is 0 Å². The largest absolute Gasteiger partial charge is 0.317 e. The Morgan fingerprint density at radius 3 is 3.13 bits per heavy atom. The third-order valence-electron chi connectivity index (χ3n) is 3.22. The molecule has 3 heteroatoms. The van der Waals surface area contributed by atoms with Crippen molar-refractivity contribution in [2.75, 3.05) is 13.1 Å². The van der Waals surface area contributed by atoms with Crippen molar-refractivity contribution in [1.29, 1.82) is 0 Å². The quantitative estimate of drug-likeness (QED) is 0.812. The van der Waals surface area contributed by atoms with E-state index in [1.54, 1.807) is 6.33 Å². The Morgan fingerprint density at radius 2 is 2.33 bits per heavy atom. The lowest BCUT2D eigenvalue weighted by atomic mass is 9.86. The fourth-order valence-electron chi connectivity index (χ4n) is 2.29. The van der Waals surface area contributed by atoms with Crippen molar-refractivity contribution in [2.45, 2.75) is 33.1 Å². The average Bonchev–Trinajstić information content (AvgIpc) is 2.27. The van der Waals surface area contributed by atoms with Gasteiger partial charge in [0.1, 0.15) is 6.33 Å². The Hall–Kier alpha value is -0.960. The molecule has 0 spiro atoms. The number of aromatic nitrogens is 2. The summed E-state index contributed by atoms with van der Waals surface area (Å²) in [6.07, 6.45) is 5.22. The normalized spacial score (nSPS) is 20.0. The fraction of sp³-hybridized carbons (Fsp3) is 0.667. The van der Waals surface area contributed by atoms with Gasteiger partial charge in [-0.1, -0.05) is 6.92 Å². The molecule has 0 aromatic carbocycles. The van der Waals surface area contributed by atoms with Gasteiger partial charge in [0.2, 0.25) is 0 Å². The molecule has 0 radical (unpaired) electrons. The van der Waals surface area contributed by atoms with Gasteiger partial charge in [-0.2, -0.15) is 0 Å². The zero-order chi connectivity index (χ0) is 10.7. The molecule has 1 aliphatic rings. The molecule has 1 unspecified atom stereocenters. The molecule has 0 fully saturated rings. The lowest BCUT2D eigenvalue weighted by molar-refractivity contribution is 0.423. The van der Waals surface area contributed by atoms with Gasteiger partial charge in [0, 0.05) is 11.4 Å². The molecule has 0 aliphatic heterocycles. The Balaban J connectivity index is 2.08. The molecule has 3 nitrogen and oxygen atoms in total. The smallest absolute Gasteiger partial charge is 0.115 e. The Labute approximate surface area is 91.3 Å². The van der Waals surface area contributed by atoms with Gasteiger partial charge in [-0.15, -0.1) is 0 Å². The zero-order valence-corrected chi connectivity index (χ0v) is 9.58. The van der Waals surface area contributed by atoms with E-state index in [2.05, 4.69) is 29.1 Å². The minimum absolute atomic E-state index is 0.766. The van der Waals surface area contributed by atoms with Gasteiger partial charge in [0.05, 0.1) is 0 Å². The predicted molar refractivity (Wildman–Crippen MR) is 60.8 cm³/mol. The van der Waals surface area contributed by atoms with E-state index < -0.39 is 0 Å². The molecule has 1 aromatic heterocycles. The Morgan fingerprint density at radius 1 is 1.47 bits per heavy atom. The Kier molecular flexibility index (Phi) is 3.31. The van der Waals surface area contributed by atoms with Gasteiger partial charge >= 0.3 is 0 Å². The van der Waals surface area contributed by atoms with Crippen LogP contribution in [0.15, 0.2) is 6.33 Å². The molecule has 0 saturated carbocycles. The fourth-order valence-corrected chi connectivity index (χ4v) is 2.29. The van der Waals surface area contributed by atoms with E-state index in [1.807, 2.05) is 0 Å². The number of aryl methyl sites for hydroxylation is 2. The minimum Gasteiger partial charge on any atom is -0.317 e. The monoisotopic (exact) mass is 205 g/mol. The van der Waals surface area contributed by atoms with Gasteiger partial charge in [-0.05, 0) is 50.8 Å². The van der Waals surface area contributed by atoms with E-state index in [9.17, 15) is 0 Å². The zero-order valence-electron chi connectivity index (χ0n) is 9.58. The summed E-state index contributed by atoms with van der Waals surface area (Å²) in [4.78, 5) is 8.64. The van der Waals surface area contributed by atoms with Crippen LogP contribution < -0.4 is 5.32 Å². The SMILES string of the molecule is CCNCC1CCc2ncnc(C)c2C1. The summed E-state index contributed by atoms with van der Waals surface area (Å²) in [7, 11) is 0. The number of nitrogens with one attached hydrogen (secondary N) is 1. The van der Waals surface area contributed by atoms with Crippen LogP contribution in [0.2, 0.25) is 0 Å². The highest BCUT2D eigenvalue weighted by Gasteiger charge is 2.20. The van der Waals surface area contributed by atoms with Gasteiger partial charge in [-0.25, -0.2) is 9.97 Å². The van der Waals surface area contributed by atoms with Crippen LogP contribution in [0.25, 0.3) is 0 Å². The van der Waals surface area contributed by atoms with E-state index in [1.165, 1.54) is 23.4 Å². The van der Waals surface area contributed by atoms with Crippen LogP contribution in [-0.4, -0.2) is 23.1 Å². The highest BCUT2D eigenvalue weighted by atomic mass is 14.9. The van der Waals surface area contributed by atoms with Crippen LogP contribution in [0.5, 0.6) is 0 Å². The maximum Gasteiger partial charge on any atom is 0.115 e. The van der Waals surface area contributed by atoms with Crippen molar-refractivity contribution < 1.29 is 0 Å². The molecule has 15 heavy (non-hydrogen) atoms. The summed E-state index contributed by atoms with van der Waals surface area (Å²) in [5.41, 5.74) is 3.84. The summed E-state index contributed by atoms with van der Waals surface area (Å²) >= 11 is 0. The summed E-state index contributed by atoms with van der Waals surface area (Å²) in [5.74, 6) is 0.766. The van der Waals surface area contributed by atoms with Crippen molar-refractivity contribution in [3.05, 3.63) is 23.3 Å². The number of rotatable bonds is 3. The standard InChI is InChI=1S/C12H19N3/c1-3-13-7-10-4-5-12-11(6-10)9(2)14-8-15-12/h8,10,13H,3-7H2,1-2H3. The van der Waals surface area contributed by atoms with Crippen LogP contribution in [0.1, 0.15) is 30.3 Å². The maximum absolute atomic E-state index is 4.36. The first kappa shape index (κ1) is 10.6. The topological polar surface area (TPSA) is 37.8 Å². The first-order chi connectivity index (χ1) is 7.31. The number of hydrogen-bond acceptors (Lipinski definition) is 3. The van der Waals surface area contributed by atoms with Crippen LogP contribution in [0.3, 0.4) is 0 Å². The van der Waals surface area contributed by atoms with E-state index in [0.29, 0.717) is 0 Å². The summed E-state index contributed by atoms with van der Waals surface area (Å²) in [5, 5.41) is 3.43. The number of hydrogen-bond donors (Lipinski definition) is 1. The second-order valence-electron chi connectivity index (χ2n) is 4.30. The molecule has 82 valence electrons. The van der Waals surface area contributed by atoms with Gasteiger partial charge < -0.3 is 5.32 Å². The predicted octanol–water partition coefficient (Wildman–Crippen LogP) is 1.50. The Bertz CT molecular complexity index is 336. The maximum atomic E-state index is 4.36. The van der Waals surface area contributed by atoms with Crippen LogP contribution in [0.4, 0.5) is 0 Å². The summed E-state index contributed by atoms with van der Waals surface area (Å²) in [6, 6.07) is 0. The van der Waals surface area contributed by atoms with Crippen molar-refractivity contribution in [2.24, 2.45) is 5.92 Å². The molecule has 0 amide bonds. The van der Waals surface area contributed by atoms with Crippen LogP contribution >= 0.6 is 0 Å². The first-order valence-corrected chi connectivity index (χ1v) is 5.81. The van der Waals surface area contributed by atoms with Crippen molar-refractivity contribution in [1.82, 2.24) is 15.3 Å². The molecule has 0 saturated heterocycles. The summed E-state index contributed by atoms with van der Waals surface area (Å²) in [6.45, 7) is 6.44. The second-order valence-corrected chi connectivity index (χ2v) is 4.30. The molecular formula is C12H19N3. The van der Waals surface area contributed by atoms with Crippen molar-refractivity contribution in [3.8, 4) is 0 Å². The molecule has 1 aliphatic carbocycles. The lowest BCUT2D eigenvalue weighted by Gasteiger charge is -2.24. The van der Waals surface area contributed by atoms with Crippen LogP contribution in [-0.2, 0) is 12.8 Å². The van der Waals surface area contributed by atoms with Crippen molar-refractivity contribution in [3.63, 3.8) is 0 Å². The molecule has 0 bridgehead atoms. The number of fused-ring (bicyclic) bond motifs is 1. The lowest BCUT2D eigenvalue weighted by Crippen LogP contribution is -2.28. The highest BCUT2D eigenvalue weighted by Crippen LogP contribution is 2.24. The third-order valence-corrected chi connectivity index (χ3v) is 3.22. The van der Waals surface area contributed by atoms with Gasteiger partial charge in [0.25, 0.3) is 0 Å². The molecule has 1 aromatic rings. The van der Waals surface area contributed by atoms with E-state index in [-0.39, 0.29) is 0 Å². The molecule has 1 heterocycles. The minimum atomic E-state index is 0.766. The van der Waals surface area contributed by atoms with E-state index in [0.717, 1.165) is 31.8 Å². The highest BCUT2D eigenvalue weighted by molar-refractivity contribution is 5.26. The third kappa shape index (κ3) is 2.34. The van der Waals surface area contributed by atoms with Crippen molar-refractivity contribution >= 4 is 0 Å². The molecule has 2 rings (SSSR count). The van der Waals surface area contributed by atoms with Gasteiger partial charge in [-0.3, -0.25) is 0 Å². The summed E-state index contributed by atoms with van der Waals surface area (Å²) < 4.78 is 0.